The summed E-state index contributed by atoms with van der Waals surface area (Å²) in [5.41, 5.74) is -4.80. The van der Waals surface area contributed by atoms with Crippen molar-refractivity contribution in [3.8, 4) is 11.3 Å². The maximum absolute atomic E-state index is 12.9. The zero-order chi connectivity index (χ0) is 21.3. The Morgan fingerprint density at radius 3 is 1.90 bits per heavy atom. The summed E-state index contributed by atoms with van der Waals surface area (Å²) in [6, 6.07) is 13.8. The van der Waals surface area contributed by atoms with Crippen molar-refractivity contribution in [2.75, 3.05) is 5.32 Å². The van der Waals surface area contributed by atoms with Gasteiger partial charge < -0.3 is 10.4 Å². The first-order chi connectivity index (χ1) is 13.5. The lowest BCUT2D eigenvalue weighted by Crippen LogP contribution is -2.53. The van der Waals surface area contributed by atoms with E-state index in [1.54, 1.807) is 6.07 Å². The van der Waals surface area contributed by atoms with E-state index >= 15 is 0 Å². The van der Waals surface area contributed by atoms with Crippen LogP contribution in [0.25, 0.3) is 11.3 Å². The zero-order valence-corrected chi connectivity index (χ0v) is 14.5. The first-order valence-corrected chi connectivity index (χ1v) is 8.14. The van der Waals surface area contributed by atoms with Gasteiger partial charge in [-0.25, -0.2) is 9.97 Å². The van der Waals surface area contributed by atoms with E-state index in [1.165, 1.54) is 6.20 Å². The number of hydrogen-bond acceptors (Lipinski definition) is 4. The predicted octanol–water partition coefficient (Wildman–Crippen LogP) is 5.20. The highest BCUT2D eigenvalue weighted by atomic mass is 19.4. The van der Waals surface area contributed by atoms with Gasteiger partial charge in [-0.1, -0.05) is 42.5 Å². The molecule has 10 heteroatoms. The number of alkyl halides is 6. The Morgan fingerprint density at radius 1 is 0.759 bits per heavy atom. The normalized spacial score (nSPS) is 12.7. The number of hydrogen-bond donors (Lipinski definition) is 2. The molecule has 2 N–H and O–H groups in total. The van der Waals surface area contributed by atoms with Crippen LogP contribution in [0.5, 0.6) is 0 Å². The Bertz CT molecular complexity index is 958. The second-order valence-electron chi connectivity index (χ2n) is 6.04. The van der Waals surface area contributed by atoms with Crippen LogP contribution in [-0.2, 0) is 5.60 Å². The fourth-order valence-corrected chi connectivity index (χ4v) is 2.60. The summed E-state index contributed by atoms with van der Waals surface area (Å²) < 4.78 is 77.6. The van der Waals surface area contributed by atoms with Gasteiger partial charge in [0.25, 0.3) is 5.60 Å². The Morgan fingerprint density at radius 2 is 1.34 bits per heavy atom. The third kappa shape index (κ3) is 4.02. The minimum Gasteiger partial charge on any atom is -0.369 e. The smallest absolute Gasteiger partial charge is 0.369 e. The Labute approximate surface area is 160 Å². The van der Waals surface area contributed by atoms with Crippen LogP contribution in [0.4, 0.5) is 38.0 Å². The summed E-state index contributed by atoms with van der Waals surface area (Å²) in [4.78, 5) is 8.23. The topological polar surface area (TPSA) is 58.0 Å². The average molecular weight is 413 g/mol. The van der Waals surface area contributed by atoms with Crippen molar-refractivity contribution in [3.63, 3.8) is 0 Å². The predicted molar refractivity (Wildman–Crippen MR) is 93.2 cm³/mol. The molecule has 0 fully saturated rings. The van der Waals surface area contributed by atoms with Crippen molar-refractivity contribution in [1.29, 1.82) is 0 Å². The van der Waals surface area contributed by atoms with E-state index in [4.69, 9.17) is 0 Å². The third-order valence-electron chi connectivity index (χ3n) is 4.10. The molecule has 0 saturated heterocycles. The number of anilines is 2. The van der Waals surface area contributed by atoms with Gasteiger partial charge in [-0.3, -0.25) is 0 Å². The van der Waals surface area contributed by atoms with Gasteiger partial charge >= 0.3 is 12.4 Å². The SMILES string of the molecule is OC(c1ccc(Nc2nccc(-c3ccccc3)n2)cc1)(C(F)(F)F)C(F)(F)F. The molecule has 2 aromatic carbocycles. The van der Waals surface area contributed by atoms with Crippen molar-refractivity contribution in [2.24, 2.45) is 0 Å². The van der Waals surface area contributed by atoms with Crippen molar-refractivity contribution in [3.05, 3.63) is 72.4 Å². The van der Waals surface area contributed by atoms with E-state index in [0.29, 0.717) is 17.8 Å². The molecule has 3 rings (SSSR count). The molecule has 0 amide bonds. The van der Waals surface area contributed by atoms with E-state index in [0.717, 1.165) is 17.7 Å². The summed E-state index contributed by atoms with van der Waals surface area (Å²) in [7, 11) is 0. The van der Waals surface area contributed by atoms with Crippen LogP contribution < -0.4 is 5.32 Å². The van der Waals surface area contributed by atoms with Crippen molar-refractivity contribution in [1.82, 2.24) is 9.97 Å². The summed E-state index contributed by atoms with van der Waals surface area (Å²) in [5.74, 6) is 0.0982. The lowest BCUT2D eigenvalue weighted by atomic mass is 9.92. The van der Waals surface area contributed by atoms with Gasteiger partial charge in [0.15, 0.2) is 0 Å². The molecule has 0 bridgehead atoms. The van der Waals surface area contributed by atoms with Crippen LogP contribution in [0.15, 0.2) is 66.9 Å². The zero-order valence-electron chi connectivity index (χ0n) is 14.5. The highest BCUT2D eigenvalue weighted by molar-refractivity contribution is 5.62. The first kappa shape index (κ1) is 20.6. The van der Waals surface area contributed by atoms with Gasteiger partial charge in [0.05, 0.1) is 5.69 Å². The van der Waals surface area contributed by atoms with E-state index in [1.807, 2.05) is 30.3 Å². The van der Waals surface area contributed by atoms with Crippen LogP contribution >= 0.6 is 0 Å². The van der Waals surface area contributed by atoms with Crippen LogP contribution in [0, 0.1) is 0 Å². The number of aromatic nitrogens is 2. The second kappa shape index (κ2) is 7.36. The summed E-state index contributed by atoms with van der Waals surface area (Å²) >= 11 is 0. The number of halogens is 6. The van der Waals surface area contributed by atoms with Crippen molar-refractivity contribution >= 4 is 11.6 Å². The number of benzene rings is 2. The maximum Gasteiger partial charge on any atom is 0.430 e. The number of aliphatic hydroxyl groups is 1. The summed E-state index contributed by atoms with van der Waals surface area (Å²) in [6.45, 7) is 0. The lowest BCUT2D eigenvalue weighted by Gasteiger charge is -2.32. The molecule has 0 saturated carbocycles. The van der Waals surface area contributed by atoms with Gasteiger partial charge in [-0.2, -0.15) is 26.3 Å². The molecule has 29 heavy (non-hydrogen) atoms. The molecular weight excluding hydrogens is 400 g/mol. The average Bonchev–Trinajstić information content (AvgIpc) is 2.67. The van der Waals surface area contributed by atoms with Crippen LogP contribution in [0.2, 0.25) is 0 Å². The molecule has 1 heterocycles. The molecule has 152 valence electrons. The van der Waals surface area contributed by atoms with Gasteiger partial charge in [0.1, 0.15) is 0 Å². The molecule has 0 aliphatic carbocycles. The molecule has 1 aromatic heterocycles. The largest absolute Gasteiger partial charge is 0.430 e. The monoisotopic (exact) mass is 413 g/mol. The molecule has 0 unspecified atom stereocenters. The fourth-order valence-electron chi connectivity index (χ4n) is 2.60. The van der Waals surface area contributed by atoms with Gasteiger partial charge in [0.2, 0.25) is 5.95 Å². The molecule has 3 aromatic rings. The summed E-state index contributed by atoms with van der Waals surface area (Å²) in [5, 5.41) is 12.1. The first-order valence-electron chi connectivity index (χ1n) is 8.14. The molecule has 4 nitrogen and oxygen atoms in total. The quantitative estimate of drug-likeness (QED) is 0.578. The Balaban J connectivity index is 1.87. The van der Waals surface area contributed by atoms with E-state index in [9.17, 15) is 31.4 Å². The van der Waals surface area contributed by atoms with E-state index < -0.39 is 23.5 Å². The molecule has 0 aliphatic rings. The number of nitrogens with zero attached hydrogens (tertiary/aromatic N) is 2. The van der Waals surface area contributed by atoms with Gasteiger partial charge in [-0.05, 0) is 18.2 Å². The Kier molecular flexibility index (Phi) is 5.22. The minimum atomic E-state index is -5.94. The highest BCUT2D eigenvalue weighted by Gasteiger charge is 2.71. The van der Waals surface area contributed by atoms with Crippen LogP contribution in [0.3, 0.4) is 0 Å². The van der Waals surface area contributed by atoms with Gasteiger partial charge in [-0.15, -0.1) is 0 Å². The van der Waals surface area contributed by atoms with E-state index in [2.05, 4.69) is 15.3 Å². The second-order valence-corrected chi connectivity index (χ2v) is 6.04. The highest BCUT2D eigenvalue weighted by Crippen LogP contribution is 2.50. The summed E-state index contributed by atoms with van der Waals surface area (Å²) in [6.07, 6.45) is -10.4. The lowest BCUT2D eigenvalue weighted by molar-refractivity contribution is -0.376. The fraction of sp³-hybridized carbons (Fsp3) is 0.158. The van der Waals surface area contributed by atoms with Gasteiger partial charge in [0, 0.05) is 23.0 Å². The molecular formula is C19H13F6N3O. The van der Waals surface area contributed by atoms with Crippen LogP contribution in [-0.4, -0.2) is 27.4 Å². The van der Waals surface area contributed by atoms with Crippen LogP contribution in [0.1, 0.15) is 5.56 Å². The third-order valence-corrected chi connectivity index (χ3v) is 4.10. The number of nitrogens with one attached hydrogen (secondary N) is 1. The Hall–Kier alpha value is -3.14. The number of rotatable bonds is 4. The molecule has 0 radical (unpaired) electrons. The maximum atomic E-state index is 12.9. The molecule has 0 spiro atoms. The molecule has 0 atom stereocenters. The van der Waals surface area contributed by atoms with Crippen molar-refractivity contribution < 1.29 is 31.4 Å². The standard InChI is InChI=1S/C19H13F6N3O/c20-18(21,22)17(29,19(23,24)25)13-6-8-14(9-7-13)27-16-26-11-10-15(28-16)12-4-2-1-3-5-12/h1-11,29H,(H,26,27,28). The van der Waals surface area contributed by atoms with Crippen molar-refractivity contribution in [2.45, 2.75) is 18.0 Å². The van der Waals surface area contributed by atoms with E-state index in [-0.39, 0.29) is 11.6 Å². The molecule has 0 aliphatic heterocycles. The minimum absolute atomic E-state index is 0.0982.